The van der Waals surface area contributed by atoms with Gasteiger partial charge in [0.15, 0.2) is 0 Å². The third-order valence-corrected chi connectivity index (χ3v) is 3.14. The van der Waals surface area contributed by atoms with Crippen molar-refractivity contribution in [2.24, 2.45) is 0 Å². The van der Waals surface area contributed by atoms with Crippen LogP contribution in [0.2, 0.25) is 5.02 Å². The first-order valence-corrected chi connectivity index (χ1v) is 6.89. The van der Waals surface area contributed by atoms with Gasteiger partial charge in [-0.15, -0.1) is 0 Å². The predicted molar refractivity (Wildman–Crippen MR) is 84.9 cm³/mol. The van der Waals surface area contributed by atoms with Gasteiger partial charge >= 0.3 is 0 Å². The molecule has 0 aliphatic heterocycles. The first-order chi connectivity index (χ1) is 9.67. The second-order valence-corrected chi connectivity index (χ2v) is 4.86. The van der Waals surface area contributed by atoms with Gasteiger partial charge in [0, 0.05) is 16.8 Å². The third kappa shape index (κ3) is 4.25. The molecule has 20 heavy (non-hydrogen) atoms. The molecule has 2 aromatic carbocycles. The number of aryl methyl sites for hydroxylation is 1. The van der Waals surface area contributed by atoms with Crippen LogP contribution >= 0.6 is 11.6 Å². The largest absolute Gasteiger partial charge is 0.323 e. The van der Waals surface area contributed by atoms with Crippen LogP contribution in [0.15, 0.2) is 54.6 Å². The fourth-order valence-corrected chi connectivity index (χ4v) is 1.99. The van der Waals surface area contributed by atoms with Gasteiger partial charge in [-0.1, -0.05) is 42.8 Å². The van der Waals surface area contributed by atoms with E-state index >= 15 is 0 Å². The van der Waals surface area contributed by atoms with E-state index in [2.05, 4.69) is 12.2 Å². The van der Waals surface area contributed by atoms with Gasteiger partial charge in [-0.2, -0.15) is 0 Å². The lowest BCUT2D eigenvalue weighted by Gasteiger charge is -2.03. The summed E-state index contributed by atoms with van der Waals surface area (Å²) >= 11 is 5.88. The maximum Gasteiger partial charge on any atom is 0.248 e. The van der Waals surface area contributed by atoms with E-state index in [0.717, 1.165) is 17.7 Å². The van der Waals surface area contributed by atoms with Crippen molar-refractivity contribution in [2.75, 3.05) is 5.32 Å². The molecule has 1 N–H and O–H groups in total. The van der Waals surface area contributed by atoms with Gasteiger partial charge in [-0.05, 0) is 47.9 Å². The van der Waals surface area contributed by atoms with Gasteiger partial charge in [0.05, 0.1) is 0 Å². The van der Waals surface area contributed by atoms with Crippen molar-refractivity contribution in [1.29, 1.82) is 0 Å². The molecule has 0 aromatic heterocycles. The molecule has 0 aliphatic rings. The van der Waals surface area contributed by atoms with Gasteiger partial charge in [0.1, 0.15) is 0 Å². The summed E-state index contributed by atoms with van der Waals surface area (Å²) in [6.45, 7) is 2.10. The Morgan fingerprint density at radius 1 is 1.20 bits per heavy atom. The van der Waals surface area contributed by atoms with E-state index in [4.69, 9.17) is 11.6 Å². The van der Waals surface area contributed by atoms with Crippen LogP contribution in [0.5, 0.6) is 0 Å². The quantitative estimate of drug-likeness (QED) is 0.820. The van der Waals surface area contributed by atoms with E-state index in [0.29, 0.717) is 5.02 Å². The molecule has 1 amide bonds. The SMILES string of the molecule is CCc1ccc(NC(=O)/C=C/c2cccc(Cl)c2)cc1. The van der Waals surface area contributed by atoms with Crippen molar-refractivity contribution in [2.45, 2.75) is 13.3 Å². The average molecular weight is 286 g/mol. The summed E-state index contributed by atoms with van der Waals surface area (Å²) in [7, 11) is 0. The van der Waals surface area contributed by atoms with E-state index in [-0.39, 0.29) is 5.91 Å². The number of amides is 1. The molecule has 0 bridgehead atoms. The minimum atomic E-state index is -0.158. The summed E-state index contributed by atoms with van der Waals surface area (Å²) in [5, 5.41) is 3.47. The monoisotopic (exact) mass is 285 g/mol. The Morgan fingerprint density at radius 2 is 1.95 bits per heavy atom. The molecule has 0 unspecified atom stereocenters. The molecule has 0 aliphatic carbocycles. The zero-order valence-corrected chi connectivity index (χ0v) is 12.0. The van der Waals surface area contributed by atoms with Gasteiger partial charge in [-0.25, -0.2) is 0 Å². The number of nitrogens with one attached hydrogen (secondary N) is 1. The van der Waals surface area contributed by atoms with Crippen LogP contribution in [0.4, 0.5) is 5.69 Å². The lowest BCUT2D eigenvalue weighted by atomic mass is 10.1. The molecule has 0 heterocycles. The molecule has 0 saturated carbocycles. The van der Waals surface area contributed by atoms with E-state index in [1.54, 1.807) is 18.2 Å². The van der Waals surface area contributed by atoms with Crippen molar-refractivity contribution in [3.8, 4) is 0 Å². The first-order valence-electron chi connectivity index (χ1n) is 6.51. The zero-order valence-electron chi connectivity index (χ0n) is 11.3. The molecule has 2 nitrogen and oxygen atoms in total. The Bertz CT molecular complexity index is 617. The number of anilines is 1. The highest BCUT2D eigenvalue weighted by atomic mass is 35.5. The van der Waals surface area contributed by atoms with Crippen LogP contribution in [0.1, 0.15) is 18.1 Å². The van der Waals surface area contributed by atoms with Crippen LogP contribution in [0.3, 0.4) is 0 Å². The maximum atomic E-state index is 11.8. The molecule has 0 radical (unpaired) electrons. The van der Waals surface area contributed by atoms with E-state index in [1.165, 1.54) is 11.6 Å². The number of hydrogen-bond acceptors (Lipinski definition) is 1. The molecule has 0 fully saturated rings. The molecule has 102 valence electrons. The Labute approximate surface area is 124 Å². The molecule has 3 heteroatoms. The lowest BCUT2D eigenvalue weighted by molar-refractivity contribution is -0.111. The fourth-order valence-electron chi connectivity index (χ4n) is 1.79. The van der Waals surface area contributed by atoms with Gasteiger partial charge in [0.25, 0.3) is 0 Å². The molecule has 0 spiro atoms. The van der Waals surface area contributed by atoms with Crippen molar-refractivity contribution in [3.63, 3.8) is 0 Å². The molecule has 2 aromatic rings. The Balaban J connectivity index is 1.98. The Kier molecular flexibility index (Phi) is 4.97. The zero-order chi connectivity index (χ0) is 14.4. The minimum Gasteiger partial charge on any atom is -0.323 e. The Hall–Kier alpha value is -2.06. The standard InChI is InChI=1S/C17H16ClNO/c1-2-13-6-9-16(10-7-13)19-17(20)11-8-14-4-3-5-15(18)12-14/h3-12H,2H2,1H3,(H,19,20)/b11-8+. The summed E-state index contributed by atoms with van der Waals surface area (Å²) in [4.78, 5) is 11.8. The van der Waals surface area contributed by atoms with Crippen LogP contribution < -0.4 is 5.32 Å². The van der Waals surface area contributed by atoms with E-state index < -0.39 is 0 Å². The van der Waals surface area contributed by atoms with E-state index in [9.17, 15) is 4.79 Å². The van der Waals surface area contributed by atoms with Crippen molar-refractivity contribution in [1.82, 2.24) is 0 Å². The van der Waals surface area contributed by atoms with Crippen molar-refractivity contribution >= 4 is 29.3 Å². The summed E-state index contributed by atoms with van der Waals surface area (Å²) in [5.74, 6) is -0.158. The number of halogens is 1. The maximum absolute atomic E-state index is 11.8. The molecular formula is C17H16ClNO. The smallest absolute Gasteiger partial charge is 0.248 e. The van der Waals surface area contributed by atoms with Crippen LogP contribution in [-0.2, 0) is 11.2 Å². The van der Waals surface area contributed by atoms with Gasteiger partial charge in [0.2, 0.25) is 5.91 Å². The predicted octanol–water partition coefficient (Wildman–Crippen LogP) is 4.55. The number of carbonyl (C=O) groups excluding carboxylic acids is 1. The summed E-state index contributed by atoms with van der Waals surface area (Å²) < 4.78 is 0. The summed E-state index contributed by atoms with van der Waals surface area (Å²) in [6, 6.07) is 15.2. The highest BCUT2D eigenvalue weighted by Crippen LogP contribution is 2.13. The number of rotatable bonds is 4. The summed E-state index contributed by atoms with van der Waals surface area (Å²) in [5.41, 5.74) is 2.94. The van der Waals surface area contributed by atoms with Crippen LogP contribution in [0, 0.1) is 0 Å². The Morgan fingerprint density at radius 3 is 2.60 bits per heavy atom. The van der Waals surface area contributed by atoms with Crippen molar-refractivity contribution < 1.29 is 4.79 Å². The molecule has 0 saturated heterocycles. The van der Waals surface area contributed by atoms with Crippen LogP contribution in [-0.4, -0.2) is 5.91 Å². The second kappa shape index (κ2) is 6.92. The van der Waals surface area contributed by atoms with Gasteiger partial charge < -0.3 is 5.32 Å². The number of benzene rings is 2. The summed E-state index contributed by atoms with van der Waals surface area (Å²) in [6.07, 6.45) is 4.23. The highest BCUT2D eigenvalue weighted by molar-refractivity contribution is 6.30. The topological polar surface area (TPSA) is 29.1 Å². The average Bonchev–Trinajstić information content (AvgIpc) is 2.46. The fraction of sp³-hybridized carbons (Fsp3) is 0.118. The van der Waals surface area contributed by atoms with Crippen LogP contribution in [0.25, 0.3) is 6.08 Å². The normalized spacial score (nSPS) is 10.7. The third-order valence-electron chi connectivity index (χ3n) is 2.91. The van der Waals surface area contributed by atoms with Crippen molar-refractivity contribution in [3.05, 3.63) is 70.8 Å². The second-order valence-electron chi connectivity index (χ2n) is 4.43. The number of hydrogen-bond donors (Lipinski definition) is 1. The van der Waals surface area contributed by atoms with E-state index in [1.807, 2.05) is 36.4 Å². The highest BCUT2D eigenvalue weighted by Gasteiger charge is 1.98. The lowest BCUT2D eigenvalue weighted by Crippen LogP contribution is -2.07. The number of carbonyl (C=O) groups is 1. The molecule has 2 rings (SSSR count). The first kappa shape index (κ1) is 14.4. The molecule has 0 atom stereocenters. The minimum absolute atomic E-state index is 0.158. The van der Waals surface area contributed by atoms with Gasteiger partial charge in [-0.3, -0.25) is 4.79 Å². The molecular weight excluding hydrogens is 270 g/mol.